The number of aromatic amines is 1. The molecule has 176 valence electrons. The predicted octanol–water partition coefficient (Wildman–Crippen LogP) is 1.91. The van der Waals surface area contributed by atoms with Gasteiger partial charge in [0.05, 0.1) is 24.8 Å². The molecule has 1 aromatic carbocycles. The Hall–Kier alpha value is -3.87. The van der Waals surface area contributed by atoms with Crippen LogP contribution in [0.15, 0.2) is 50.9 Å². The molecule has 3 aromatic heterocycles. The molecule has 5 rings (SSSR count). The second-order valence-electron chi connectivity index (χ2n) is 7.86. The van der Waals surface area contributed by atoms with Crippen LogP contribution >= 0.6 is 0 Å². The number of hydrogen-bond acceptors (Lipinski definition) is 8. The molecule has 4 heterocycles. The smallest absolute Gasteiger partial charge is 0.283 e. The molecule has 0 spiro atoms. The van der Waals surface area contributed by atoms with Crippen molar-refractivity contribution < 1.29 is 21.7 Å². The van der Waals surface area contributed by atoms with Crippen LogP contribution in [0.25, 0.3) is 11.5 Å². The number of aromatic nitrogens is 5. The molecule has 0 fully saturated rings. The Bertz CT molecular complexity index is 1560. The van der Waals surface area contributed by atoms with Crippen molar-refractivity contribution in [2.75, 3.05) is 17.7 Å². The highest BCUT2D eigenvalue weighted by molar-refractivity contribution is 7.90. The van der Waals surface area contributed by atoms with Gasteiger partial charge in [-0.05, 0) is 12.5 Å². The van der Waals surface area contributed by atoms with E-state index < -0.39 is 21.5 Å². The van der Waals surface area contributed by atoms with Crippen LogP contribution in [0.2, 0.25) is 0 Å². The number of H-pyrrole nitrogens is 1. The predicted molar refractivity (Wildman–Crippen MR) is 116 cm³/mol. The van der Waals surface area contributed by atoms with Crippen LogP contribution in [0.3, 0.4) is 0 Å². The molecule has 0 saturated carbocycles. The number of anilines is 1. The molecule has 1 aliphatic heterocycles. The van der Waals surface area contributed by atoms with Crippen LogP contribution in [0, 0.1) is 11.6 Å². The van der Waals surface area contributed by atoms with E-state index in [2.05, 4.69) is 20.2 Å². The van der Waals surface area contributed by atoms with E-state index in [0.717, 1.165) is 17.1 Å². The normalized spacial score (nSPS) is 13.8. The lowest BCUT2D eigenvalue weighted by molar-refractivity contribution is 0.370. The fourth-order valence-corrected chi connectivity index (χ4v) is 4.64. The number of hydrogen-bond donors (Lipinski definition) is 1. The van der Waals surface area contributed by atoms with E-state index in [-0.39, 0.29) is 46.6 Å². The molecular weight excluding hydrogens is 470 g/mol. The summed E-state index contributed by atoms with van der Waals surface area (Å²) >= 11 is 0. The number of halogens is 2. The maximum absolute atomic E-state index is 14.6. The molecule has 0 amide bonds. The maximum Gasteiger partial charge on any atom is 0.283 e. The summed E-state index contributed by atoms with van der Waals surface area (Å²) in [7, 11) is -3.73. The molecule has 0 aliphatic carbocycles. The number of sulfone groups is 1. The van der Waals surface area contributed by atoms with E-state index in [1.807, 2.05) is 0 Å². The van der Waals surface area contributed by atoms with Crippen molar-refractivity contribution in [1.82, 2.24) is 24.9 Å². The van der Waals surface area contributed by atoms with Crippen LogP contribution < -0.4 is 10.5 Å². The van der Waals surface area contributed by atoms with E-state index in [1.165, 1.54) is 24.3 Å². The first kappa shape index (κ1) is 21.9. The summed E-state index contributed by atoms with van der Waals surface area (Å²) in [4.78, 5) is 21.6. The Morgan fingerprint density at radius 1 is 1.21 bits per heavy atom. The largest absolute Gasteiger partial charge is 0.381 e. The first-order chi connectivity index (χ1) is 16.2. The van der Waals surface area contributed by atoms with Crippen molar-refractivity contribution in [2.24, 2.45) is 0 Å². The van der Waals surface area contributed by atoms with Gasteiger partial charge in [-0.2, -0.15) is 10.3 Å². The number of nitrogens with one attached hydrogen (secondary N) is 1. The molecule has 4 aromatic rings. The molecule has 0 saturated heterocycles. The zero-order valence-electron chi connectivity index (χ0n) is 17.8. The van der Waals surface area contributed by atoms with Crippen molar-refractivity contribution in [3.8, 4) is 11.5 Å². The summed E-state index contributed by atoms with van der Waals surface area (Å²) in [6.45, 7) is 0.307. The van der Waals surface area contributed by atoms with Crippen molar-refractivity contribution in [3.63, 3.8) is 0 Å². The minimum atomic E-state index is -3.73. The van der Waals surface area contributed by atoms with Crippen LogP contribution in [-0.4, -0.2) is 46.1 Å². The van der Waals surface area contributed by atoms with Gasteiger partial charge in [0.15, 0.2) is 38.1 Å². The van der Waals surface area contributed by atoms with Crippen LogP contribution in [0.1, 0.15) is 16.9 Å². The molecule has 1 aliphatic rings. The molecule has 0 unspecified atom stereocenters. The van der Waals surface area contributed by atoms with E-state index in [4.69, 9.17) is 4.52 Å². The molecular formula is C21H18F2N6O4S. The molecule has 34 heavy (non-hydrogen) atoms. The number of nitrogens with zero attached hydrogens (tertiary/aromatic N) is 5. The molecule has 13 heteroatoms. The summed E-state index contributed by atoms with van der Waals surface area (Å²) in [5.74, 6) is -0.845. The Morgan fingerprint density at radius 2 is 2.00 bits per heavy atom. The van der Waals surface area contributed by atoms with Crippen LogP contribution in [0.4, 0.5) is 14.6 Å². The van der Waals surface area contributed by atoms with Gasteiger partial charge in [0, 0.05) is 24.4 Å². The van der Waals surface area contributed by atoms with Gasteiger partial charge in [0.1, 0.15) is 11.5 Å². The summed E-state index contributed by atoms with van der Waals surface area (Å²) in [5.41, 5.74) is 0.534. The van der Waals surface area contributed by atoms with Gasteiger partial charge in [-0.1, -0.05) is 18.2 Å². The summed E-state index contributed by atoms with van der Waals surface area (Å²) in [5, 5.41) is 6.39. The minimum Gasteiger partial charge on any atom is -0.381 e. The Kier molecular flexibility index (Phi) is 5.27. The SMILES string of the molecule is CS(=O)(=O)c1cc(-c2ncc(F)c(N3CCc4c(o[nH]c4=O)C3)n2)nn1Cc1ccccc1F. The van der Waals surface area contributed by atoms with Crippen molar-refractivity contribution in [2.45, 2.75) is 24.5 Å². The van der Waals surface area contributed by atoms with Gasteiger partial charge in [-0.3, -0.25) is 4.79 Å². The van der Waals surface area contributed by atoms with Gasteiger partial charge in [0.25, 0.3) is 5.56 Å². The summed E-state index contributed by atoms with van der Waals surface area (Å²) in [6, 6.07) is 7.23. The quantitative estimate of drug-likeness (QED) is 0.451. The monoisotopic (exact) mass is 488 g/mol. The zero-order chi connectivity index (χ0) is 24.0. The van der Waals surface area contributed by atoms with Gasteiger partial charge >= 0.3 is 0 Å². The first-order valence-corrected chi connectivity index (χ1v) is 12.1. The fourth-order valence-electron chi connectivity index (χ4n) is 3.83. The fraction of sp³-hybridized carbons (Fsp3) is 0.238. The molecule has 0 atom stereocenters. The molecule has 0 radical (unpaired) electrons. The number of fused-ring (bicyclic) bond motifs is 1. The van der Waals surface area contributed by atoms with E-state index >= 15 is 0 Å². The lowest BCUT2D eigenvalue weighted by atomic mass is 10.1. The highest BCUT2D eigenvalue weighted by Gasteiger charge is 2.27. The van der Waals surface area contributed by atoms with Crippen molar-refractivity contribution in [1.29, 1.82) is 0 Å². The zero-order valence-corrected chi connectivity index (χ0v) is 18.6. The highest BCUT2D eigenvalue weighted by Crippen LogP contribution is 2.27. The molecule has 1 N–H and O–H groups in total. The first-order valence-electron chi connectivity index (χ1n) is 10.2. The number of benzene rings is 1. The highest BCUT2D eigenvalue weighted by atomic mass is 32.2. The third kappa shape index (κ3) is 3.98. The van der Waals surface area contributed by atoms with E-state index in [1.54, 1.807) is 11.0 Å². The third-order valence-electron chi connectivity index (χ3n) is 5.50. The van der Waals surface area contributed by atoms with E-state index in [0.29, 0.717) is 24.3 Å². The third-order valence-corrected chi connectivity index (χ3v) is 6.59. The van der Waals surface area contributed by atoms with Gasteiger partial charge in [-0.25, -0.2) is 31.8 Å². The lowest BCUT2D eigenvalue weighted by Crippen LogP contribution is -2.33. The standard InChI is InChI=1S/C21H18F2N6O4S/c1-34(31,32)18-8-16(26-29(18)10-12-4-2-3-5-14(12)22)19-24-9-15(23)20(25-19)28-7-6-13-17(11-28)33-27-21(13)30/h2-5,8-9H,6-7,10-11H2,1H3,(H,27,30). The van der Waals surface area contributed by atoms with Crippen molar-refractivity contribution in [3.05, 3.63) is 75.4 Å². The average molecular weight is 488 g/mol. The van der Waals surface area contributed by atoms with Gasteiger partial charge in [0.2, 0.25) is 0 Å². The second kappa shape index (κ2) is 8.17. The Morgan fingerprint density at radius 3 is 2.76 bits per heavy atom. The average Bonchev–Trinajstić information content (AvgIpc) is 3.39. The Labute approximate surface area is 191 Å². The van der Waals surface area contributed by atoms with Crippen LogP contribution in [0.5, 0.6) is 0 Å². The summed E-state index contributed by atoms with van der Waals surface area (Å²) in [6.07, 6.45) is 2.32. The molecule has 10 nitrogen and oxygen atoms in total. The minimum absolute atomic E-state index is 0.00472. The molecule has 0 bridgehead atoms. The van der Waals surface area contributed by atoms with Crippen molar-refractivity contribution >= 4 is 15.7 Å². The Balaban J connectivity index is 1.52. The maximum atomic E-state index is 14.6. The topological polar surface area (TPSA) is 127 Å². The summed E-state index contributed by atoms with van der Waals surface area (Å²) < 4.78 is 59.8. The second-order valence-corrected chi connectivity index (χ2v) is 9.82. The van der Waals surface area contributed by atoms with Gasteiger partial charge < -0.3 is 9.42 Å². The van der Waals surface area contributed by atoms with E-state index in [9.17, 15) is 22.0 Å². The lowest BCUT2D eigenvalue weighted by Gasteiger charge is -2.26. The number of rotatable bonds is 5. The van der Waals surface area contributed by atoms with Gasteiger partial charge in [-0.15, -0.1) is 0 Å². The van der Waals surface area contributed by atoms with Crippen LogP contribution in [-0.2, 0) is 29.3 Å².